The van der Waals surface area contributed by atoms with Crippen LogP contribution < -0.4 is 22.1 Å². The van der Waals surface area contributed by atoms with Crippen LogP contribution in [0.15, 0.2) is 20.4 Å². The molecule has 0 saturated carbocycles. The Kier molecular flexibility index (Phi) is 5.18. The highest BCUT2D eigenvalue weighted by atomic mass is 16.2. The van der Waals surface area contributed by atoms with Crippen LogP contribution in [-0.4, -0.2) is 20.9 Å². The number of H-pyrrole nitrogens is 3. The van der Waals surface area contributed by atoms with Gasteiger partial charge < -0.3 is 15.3 Å². The number of aromatic nitrogens is 3. The molecule has 2 aromatic rings. The van der Waals surface area contributed by atoms with Gasteiger partial charge in [0.25, 0.3) is 11.1 Å². The van der Waals surface area contributed by atoms with Crippen molar-refractivity contribution >= 4 is 5.91 Å². The monoisotopic (exact) mass is 332 g/mol. The number of rotatable bonds is 5. The van der Waals surface area contributed by atoms with Crippen LogP contribution in [0, 0.1) is 20.8 Å². The summed E-state index contributed by atoms with van der Waals surface area (Å²) in [6, 6.07) is 1.84. The normalized spacial score (nSPS) is 10.6. The van der Waals surface area contributed by atoms with E-state index in [4.69, 9.17) is 0 Å². The molecular formula is C16H20N4O4. The third kappa shape index (κ3) is 4.09. The number of aryl methyl sites for hydroxylation is 3. The van der Waals surface area contributed by atoms with Crippen molar-refractivity contribution in [3.63, 3.8) is 0 Å². The predicted octanol–water partition coefficient (Wildman–Crippen LogP) is -0.0742. The zero-order chi connectivity index (χ0) is 17.9. The first kappa shape index (κ1) is 17.5. The first-order valence-electron chi connectivity index (χ1n) is 7.56. The van der Waals surface area contributed by atoms with Gasteiger partial charge in [0, 0.05) is 35.5 Å². The van der Waals surface area contributed by atoms with E-state index in [1.807, 2.05) is 13.0 Å². The van der Waals surface area contributed by atoms with Crippen LogP contribution in [0.5, 0.6) is 0 Å². The fraction of sp³-hybridized carbons (Fsp3) is 0.375. The molecule has 4 N–H and O–H groups in total. The molecule has 24 heavy (non-hydrogen) atoms. The first-order chi connectivity index (χ1) is 11.3. The van der Waals surface area contributed by atoms with Gasteiger partial charge in [-0.15, -0.1) is 0 Å². The summed E-state index contributed by atoms with van der Waals surface area (Å²) in [6.45, 7) is 5.34. The van der Waals surface area contributed by atoms with Gasteiger partial charge in [-0.2, -0.15) is 0 Å². The number of hydrogen-bond acceptors (Lipinski definition) is 4. The Morgan fingerprint density at radius 3 is 2.29 bits per heavy atom. The standard InChI is InChI=1S/C16H20N4O4/c1-8-6-9(2)18-15(23)12(8)7-17-13(21)5-4-11-10(3)19-16(24)20-14(11)22/h6H,4-5,7H2,1-3H3,(H,17,21)(H,18,23)(H2,19,20,22,24). The van der Waals surface area contributed by atoms with Gasteiger partial charge in [-0.25, -0.2) is 4.79 Å². The number of carbonyl (C=O) groups is 1. The first-order valence-corrected chi connectivity index (χ1v) is 7.56. The molecule has 0 unspecified atom stereocenters. The molecule has 0 aliphatic heterocycles. The van der Waals surface area contributed by atoms with Crippen LogP contribution in [-0.2, 0) is 17.8 Å². The zero-order valence-electron chi connectivity index (χ0n) is 13.8. The molecule has 0 aliphatic rings. The van der Waals surface area contributed by atoms with Gasteiger partial charge in [-0.05, 0) is 38.8 Å². The highest BCUT2D eigenvalue weighted by Gasteiger charge is 2.11. The van der Waals surface area contributed by atoms with E-state index in [2.05, 4.69) is 20.3 Å². The maximum atomic E-state index is 12.0. The summed E-state index contributed by atoms with van der Waals surface area (Å²) < 4.78 is 0. The van der Waals surface area contributed by atoms with Crippen LogP contribution in [0.1, 0.15) is 34.5 Å². The lowest BCUT2D eigenvalue weighted by Crippen LogP contribution is -2.30. The van der Waals surface area contributed by atoms with E-state index in [1.54, 1.807) is 13.8 Å². The second kappa shape index (κ2) is 7.12. The molecule has 2 rings (SSSR count). The summed E-state index contributed by atoms with van der Waals surface area (Å²) >= 11 is 0. The molecule has 1 amide bonds. The van der Waals surface area contributed by atoms with Crippen molar-refractivity contribution in [2.75, 3.05) is 0 Å². The Bertz CT molecular complexity index is 936. The Morgan fingerprint density at radius 2 is 1.67 bits per heavy atom. The fourth-order valence-corrected chi connectivity index (χ4v) is 2.54. The highest BCUT2D eigenvalue weighted by Crippen LogP contribution is 2.04. The molecule has 8 heteroatoms. The molecule has 2 heterocycles. The van der Waals surface area contributed by atoms with E-state index < -0.39 is 11.2 Å². The van der Waals surface area contributed by atoms with E-state index in [0.717, 1.165) is 11.3 Å². The summed E-state index contributed by atoms with van der Waals surface area (Å²) in [5.74, 6) is -0.278. The van der Waals surface area contributed by atoms with Crippen LogP contribution >= 0.6 is 0 Å². The van der Waals surface area contributed by atoms with E-state index in [0.29, 0.717) is 16.8 Å². The minimum atomic E-state index is -0.570. The Labute approximate surface area is 137 Å². The SMILES string of the molecule is Cc1cc(C)c(CNC(=O)CCc2c(C)[nH]c(=O)[nH]c2=O)c(=O)[nH]1. The molecule has 0 fully saturated rings. The summed E-state index contributed by atoms with van der Waals surface area (Å²) in [5.41, 5.74) is 1.61. The highest BCUT2D eigenvalue weighted by molar-refractivity contribution is 5.76. The predicted molar refractivity (Wildman–Crippen MR) is 89.1 cm³/mol. The van der Waals surface area contributed by atoms with Crippen molar-refractivity contribution in [3.05, 3.63) is 65.3 Å². The lowest BCUT2D eigenvalue weighted by molar-refractivity contribution is -0.121. The third-order valence-corrected chi connectivity index (χ3v) is 3.81. The molecule has 0 aromatic carbocycles. The molecule has 0 spiro atoms. The van der Waals surface area contributed by atoms with E-state index in [9.17, 15) is 19.2 Å². The fourth-order valence-electron chi connectivity index (χ4n) is 2.54. The van der Waals surface area contributed by atoms with Crippen molar-refractivity contribution in [3.8, 4) is 0 Å². The average molecular weight is 332 g/mol. The Balaban J connectivity index is 1.99. The van der Waals surface area contributed by atoms with Gasteiger partial charge >= 0.3 is 5.69 Å². The van der Waals surface area contributed by atoms with Crippen LogP contribution in [0.25, 0.3) is 0 Å². The number of pyridine rings is 1. The number of carbonyl (C=O) groups excluding carboxylic acids is 1. The van der Waals surface area contributed by atoms with Crippen LogP contribution in [0.4, 0.5) is 0 Å². The molecule has 2 aromatic heterocycles. The van der Waals surface area contributed by atoms with Crippen molar-refractivity contribution in [2.24, 2.45) is 0 Å². The molecule has 0 radical (unpaired) electrons. The smallest absolute Gasteiger partial charge is 0.325 e. The summed E-state index contributed by atoms with van der Waals surface area (Å²) in [4.78, 5) is 54.0. The minimum absolute atomic E-state index is 0.0821. The Morgan fingerprint density at radius 1 is 1.00 bits per heavy atom. The van der Waals surface area contributed by atoms with Crippen LogP contribution in [0.2, 0.25) is 0 Å². The van der Waals surface area contributed by atoms with Crippen molar-refractivity contribution < 1.29 is 4.79 Å². The maximum Gasteiger partial charge on any atom is 0.325 e. The lowest BCUT2D eigenvalue weighted by atomic mass is 10.1. The van der Waals surface area contributed by atoms with Crippen molar-refractivity contribution in [1.82, 2.24) is 20.3 Å². The van der Waals surface area contributed by atoms with E-state index >= 15 is 0 Å². The van der Waals surface area contributed by atoms with Crippen LogP contribution in [0.3, 0.4) is 0 Å². The van der Waals surface area contributed by atoms with Crippen molar-refractivity contribution in [1.29, 1.82) is 0 Å². The molecule has 8 nitrogen and oxygen atoms in total. The number of aromatic amines is 3. The molecule has 0 saturated heterocycles. The molecular weight excluding hydrogens is 312 g/mol. The molecule has 0 bridgehead atoms. The second-order valence-electron chi connectivity index (χ2n) is 5.73. The molecule has 0 aliphatic carbocycles. The van der Waals surface area contributed by atoms with Gasteiger partial charge in [0.1, 0.15) is 0 Å². The second-order valence-corrected chi connectivity index (χ2v) is 5.73. The molecule has 0 atom stereocenters. The van der Waals surface area contributed by atoms with Gasteiger partial charge in [0.15, 0.2) is 0 Å². The van der Waals surface area contributed by atoms with Gasteiger partial charge in [0.2, 0.25) is 5.91 Å². The third-order valence-electron chi connectivity index (χ3n) is 3.81. The number of nitrogens with one attached hydrogen (secondary N) is 4. The van der Waals surface area contributed by atoms with E-state index in [-0.39, 0.29) is 30.9 Å². The summed E-state index contributed by atoms with van der Waals surface area (Å²) in [7, 11) is 0. The van der Waals surface area contributed by atoms with Gasteiger partial charge in [-0.1, -0.05) is 0 Å². The summed E-state index contributed by atoms with van der Waals surface area (Å²) in [5, 5.41) is 2.68. The van der Waals surface area contributed by atoms with Gasteiger partial charge in [0.05, 0.1) is 0 Å². The van der Waals surface area contributed by atoms with E-state index in [1.165, 1.54) is 0 Å². The van der Waals surface area contributed by atoms with Gasteiger partial charge in [-0.3, -0.25) is 19.4 Å². The summed E-state index contributed by atoms with van der Waals surface area (Å²) in [6.07, 6.45) is 0.284. The number of amides is 1. The largest absolute Gasteiger partial charge is 0.352 e. The average Bonchev–Trinajstić information content (AvgIpc) is 2.44. The van der Waals surface area contributed by atoms with Crippen molar-refractivity contribution in [2.45, 2.75) is 40.2 Å². The maximum absolute atomic E-state index is 12.0. The zero-order valence-corrected chi connectivity index (χ0v) is 13.8. The Hall–Kier alpha value is -2.90. The number of hydrogen-bond donors (Lipinski definition) is 4. The lowest BCUT2D eigenvalue weighted by Gasteiger charge is -2.08. The quantitative estimate of drug-likeness (QED) is 0.611. The minimum Gasteiger partial charge on any atom is -0.352 e. The molecule has 128 valence electrons. The topological polar surface area (TPSA) is 128 Å².